The highest BCUT2D eigenvalue weighted by atomic mass is 32.1. The van der Waals surface area contributed by atoms with Crippen molar-refractivity contribution >= 4 is 17.2 Å². The summed E-state index contributed by atoms with van der Waals surface area (Å²) >= 11 is 1.66. The zero-order valence-electron chi connectivity index (χ0n) is 10.5. The van der Waals surface area contributed by atoms with E-state index in [4.69, 9.17) is 8.94 Å². The van der Waals surface area contributed by atoms with Gasteiger partial charge in [0.05, 0.1) is 17.3 Å². The third-order valence-electron chi connectivity index (χ3n) is 2.74. The van der Waals surface area contributed by atoms with Gasteiger partial charge >= 0.3 is 0 Å². The van der Waals surface area contributed by atoms with E-state index >= 15 is 0 Å². The van der Waals surface area contributed by atoms with Crippen LogP contribution in [-0.4, -0.2) is 17.6 Å². The van der Waals surface area contributed by atoms with E-state index < -0.39 is 0 Å². The van der Waals surface area contributed by atoms with Crippen molar-refractivity contribution < 1.29 is 13.7 Å². The number of hydrogen-bond acceptors (Lipinski definition) is 5. The van der Waals surface area contributed by atoms with Gasteiger partial charge in [0.2, 0.25) is 5.76 Å². The molecule has 0 aliphatic heterocycles. The van der Waals surface area contributed by atoms with Crippen LogP contribution in [0.25, 0.3) is 10.6 Å². The van der Waals surface area contributed by atoms with Crippen molar-refractivity contribution in [3.8, 4) is 10.6 Å². The molecule has 0 aliphatic rings. The highest BCUT2D eigenvalue weighted by Gasteiger charge is 2.09. The van der Waals surface area contributed by atoms with Crippen LogP contribution in [0.2, 0.25) is 0 Å². The average molecular weight is 288 g/mol. The summed E-state index contributed by atoms with van der Waals surface area (Å²) in [7, 11) is 0. The largest absolute Gasteiger partial charge is 0.464 e. The van der Waals surface area contributed by atoms with E-state index in [1.165, 1.54) is 17.1 Å². The van der Waals surface area contributed by atoms with E-state index in [9.17, 15) is 4.79 Å². The molecule has 3 aromatic rings. The highest BCUT2D eigenvalue weighted by Crippen LogP contribution is 2.28. The van der Waals surface area contributed by atoms with Crippen molar-refractivity contribution in [1.29, 1.82) is 0 Å². The third-order valence-corrected chi connectivity index (χ3v) is 3.90. The molecule has 1 N–H and O–H groups in total. The average Bonchev–Trinajstić information content (AvgIpc) is 3.20. The number of amides is 1. The van der Waals surface area contributed by atoms with Gasteiger partial charge in [-0.25, -0.2) is 0 Å². The molecule has 3 aromatic heterocycles. The quantitative estimate of drug-likeness (QED) is 0.783. The van der Waals surface area contributed by atoms with Gasteiger partial charge in [-0.1, -0.05) is 5.16 Å². The minimum Gasteiger partial charge on any atom is -0.464 e. The number of aromatic nitrogens is 1. The molecule has 0 unspecified atom stereocenters. The van der Waals surface area contributed by atoms with E-state index in [1.54, 1.807) is 17.6 Å². The summed E-state index contributed by atoms with van der Waals surface area (Å²) < 4.78 is 10.1. The summed E-state index contributed by atoms with van der Waals surface area (Å²) in [6.45, 7) is 0.553. The van der Waals surface area contributed by atoms with Crippen LogP contribution in [0, 0.1) is 0 Å². The molecular formula is C14H12N2O3S. The Labute approximate surface area is 119 Å². The van der Waals surface area contributed by atoms with Crippen molar-refractivity contribution in [2.75, 3.05) is 6.54 Å². The Balaban J connectivity index is 1.53. The van der Waals surface area contributed by atoms with Crippen LogP contribution >= 0.6 is 11.3 Å². The Morgan fingerprint density at radius 3 is 3.00 bits per heavy atom. The number of hydrogen-bond donors (Lipinski definition) is 1. The molecule has 0 bridgehead atoms. The molecule has 0 aliphatic carbocycles. The van der Waals surface area contributed by atoms with Crippen LogP contribution in [0.15, 0.2) is 51.7 Å². The third kappa shape index (κ3) is 2.80. The minimum absolute atomic E-state index is 0.229. The molecule has 6 heteroatoms. The van der Waals surface area contributed by atoms with Crippen LogP contribution < -0.4 is 5.32 Å². The van der Waals surface area contributed by atoms with Crippen LogP contribution in [-0.2, 0) is 6.42 Å². The van der Waals surface area contributed by atoms with E-state index in [1.807, 2.05) is 24.3 Å². The molecule has 1 amide bonds. The fourth-order valence-electron chi connectivity index (χ4n) is 1.78. The van der Waals surface area contributed by atoms with Crippen LogP contribution in [0.4, 0.5) is 0 Å². The lowest BCUT2D eigenvalue weighted by atomic mass is 10.3. The van der Waals surface area contributed by atoms with Gasteiger partial charge in [-0.3, -0.25) is 4.79 Å². The van der Waals surface area contributed by atoms with Gasteiger partial charge < -0.3 is 14.3 Å². The Bertz CT molecular complexity index is 671. The first-order valence-electron chi connectivity index (χ1n) is 6.14. The van der Waals surface area contributed by atoms with Gasteiger partial charge in [-0.2, -0.15) is 0 Å². The second kappa shape index (κ2) is 5.75. The van der Waals surface area contributed by atoms with Crippen molar-refractivity contribution in [2.45, 2.75) is 6.42 Å². The van der Waals surface area contributed by atoms with Crippen LogP contribution in [0.3, 0.4) is 0 Å². The Morgan fingerprint density at radius 2 is 2.25 bits per heavy atom. The molecule has 0 atom stereocenters. The van der Waals surface area contributed by atoms with E-state index in [0.29, 0.717) is 6.54 Å². The zero-order chi connectivity index (χ0) is 13.8. The summed E-state index contributed by atoms with van der Waals surface area (Å²) in [6.07, 6.45) is 3.88. The highest BCUT2D eigenvalue weighted by molar-refractivity contribution is 7.15. The molecule has 3 rings (SSSR count). The van der Waals surface area contributed by atoms with Crippen molar-refractivity contribution in [2.24, 2.45) is 0 Å². The monoisotopic (exact) mass is 288 g/mol. The Hall–Kier alpha value is -2.34. The number of carbonyl (C=O) groups excluding carboxylic acids is 1. The summed E-state index contributed by atoms with van der Waals surface area (Å²) in [4.78, 5) is 13.9. The number of furan rings is 1. The second-order valence-corrected chi connectivity index (χ2v) is 5.29. The lowest BCUT2D eigenvalue weighted by molar-refractivity contribution is 0.0917. The number of nitrogens with zero attached hydrogens (tertiary/aromatic N) is 1. The summed E-state index contributed by atoms with van der Waals surface area (Å²) in [5.74, 6) is 0.852. The second-order valence-electron chi connectivity index (χ2n) is 4.13. The Morgan fingerprint density at radius 1 is 1.30 bits per heavy atom. The molecule has 0 fully saturated rings. The normalized spacial score (nSPS) is 10.6. The Kier molecular flexibility index (Phi) is 3.64. The summed E-state index contributed by atoms with van der Waals surface area (Å²) in [5, 5.41) is 6.29. The SMILES string of the molecule is O=C(NCCc1ccc(-c2ccco2)s1)c1ccno1. The number of thiophene rings is 1. The lowest BCUT2D eigenvalue weighted by Gasteiger charge is -2.00. The van der Waals surface area contributed by atoms with Gasteiger partial charge in [0.15, 0.2) is 0 Å². The minimum atomic E-state index is -0.245. The molecule has 0 saturated carbocycles. The molecule has 5 nitrogen and oxygen atoms in total. The molecule has 0 radical (unpaired) electrons. The summed E-state index contributed by atoms with van der Waals surface area (Å²) in [6, 6.07) is 9.41. The van der Waals surface area contributed by atoms with Gasteiger partial charge in [-0.15, -0.1) is 11.3 Å². The fourth-order valence-corrected chi connectivity index (χ4v) is 2.76. The van der Waals surface area contributed by atoms with Gasteiger partial charge in [-0.05, 0) is 30.7 Å². The predicted octanol–water partition coefficient (Wildman–Crippen LogP) is 2.97. The molecule has 20 heavy (non-hydrogen) atoms. The zero-order valence-corrected chi connectivity index (χ0v) is 11.4. The smallest absolute Gasteiger partial charge is 0.289 e. The van der Waals surface area contributed by atoms with E-state index in [0.717, 1.165) is 17.1 Å². The molecular weight excluding hydrogens is 276 g/mol. The van der Waals surface area contributed by atoms with Crippen LogP contribution in [0.5, 0.6) is 0 Å². The first-order valence-corrected chi connectivity index (χ1v) is 6.96. The van der Waals surface area contributed by atoms with Crippen LogP contribution in [0.1, 0.15) is 15.4 Å². The molecule has 0 saturated heterocycles. The number of rotatable bonds is 5. The van der Waals surface area contributed by atoms with Crippen molar-refractivity contribution in [3.05, 3.63) is 53.4 Å². The molecule has 0 spiro atoms. The van der Waals surface area contributed by atoms with E-state index in [2.05, 4.69) is 10.5 Å². The number of nitrogens with one attached hydrogen (secondary N) is 1. The first-order chi connectivity index (χ1) is 9.83. The van der Waals surface area contributed by atoms with Gasteiger partial charge in [0.25, 0.3) is 5.91 Å². The summed E-state index contributed by atoms with van der Waals surface area (Å²) in [5.41, 5.74) is 0. The topological polar surface area (TPSA) is 68.3 Å². The molecule has 0 aromatic carbocycles. The van der Waals surface area contributed by atoms with Crippen molar-refractivity contribution in [3.63, 3.8) is 0 Å². The molecule has 102 valence electrons. The standard InChI is InChI=1S/C14H12N2O3S/c17-14(12-6-8-16-19-12)15-7-5-10-3-4-13(20-10)11-2-1-9-18-11/h1-4,6,8-9H,5,7H2,(H,15,17). The molecule has 3 heterocycles. The maximum absolute atomic E-state index is 11.6. The number of carbonyl (C=O) groups is 1. The maximum atomic E-state index is 11.6. The van der Waals surface area contributed by atoms with E-state index in [-0.39, 0.29) is 11.7 Å². The fraction of sp³-hybridized carbons (Fsp3) is 0.143. The van der Waals surface area contributed by atoms with Gasteiger partial charge in [0, 0.05) is 17.5 Å². The van der Waals surface area contributed by atoms with Gasteiger partial charge in [0.1, 0.15) is 5.76 Å². The lowest BCUT2D eigenvalue weighted by Crippen LogP contribution is -2.25. The van der Waals surface area contributed by atoms with Crippen molar-refractivity contribution in [1.82, 2.24) is 10.5 Å². The predicted molar refractivity (Wildman–Crippen MR) is 74.6 cm³/mol. The first kappa shape index (κ1) is 12.7. The maximum Gasteiger partial charge on any atom is 0.289 e.